The molecule has 1 fully saturated rings. The first-order chi connectivity index (χ1) is 12.2. The van der Waals surface area contributed by atoms with E-state index in [9.17, 15) is 0 Å². The maximum atomic E-state index is 9.08. The molecule has 0 bridgehead atoms. The summed E-state index contributed by atoms with van der Waals surface area (Å²) < 4.78 is 0. The maximum Gasteiger partial charge on any atom is 0.221 e. The molecular weight excluding hydrogens is 338 g/mol. The Hall–Kier alpha value is -1.89. The highest BCUT2D eigenvalue weighted by Crippen LogP contribution is 2.22. The lowest BCUT2D eigenvalue weighted by atomic mass is 10.1. The van der Waals surface area contributed by atoms with Crippen molar-refractivity contribution < 1.29 is 5.11 Å². The van der Waals surface area contributed by atoms with Gasteiger partial charge in [-0.3, -0.25) is 4.90 Å². The quantitative estimate of drug-likeness (QED) is 0.814. The van der Waals surface area contributed by atoms with E-state index in [1.54, 1.807) is 0 Å². The maximum absolute atomic E-state index is 9.08. The van der Waals surface area contributed by atoms with Crippen LogP contribution in [0.4, 0.5) is 11.8 Å². The molecule has 2 heterocycles. The fourth-order valence-electron chi connectivity index (χ4n) is 3.12. The van der Waals surface area contributed by atoms with Crippen LogP contribution in [0, 0.1) is 0 Å². The van der Waals surface area contributed by atoms with Gasteiger partial charge in [0, 0.05) is 49.5 Å². The molecule has 0 amide bonds. The van der Waals surface area contributed by atoms with Crippen molar-refractivity contribution in [2.24, 2.45) is 0 Å². The SMILES string of the molecule is Nc1ncc(CCc2ccc(Cl)cc2)c(N2CCN(CCO)CC2)n1. The second-order valence-corrected chi connectivity index (χ2v) is 6.69. The third-order valence-electron chi connectivity index (χ3n) is 4.54. The Morgan fingerprint density at radius 2 is 1.80 bits per heavy atom. The number of nitrogen functional groups attached to an aromatic ring is 1. The number of aryl methyl sites for hydroxylation is 2. The van der Waals surface area contributed by atoms with Gasteiger partial charge in [0.05, 0.1) is 6.61 Å². The van der Waals surface area contributed by atoms with Crippen molar-refractivity contribution in [3.05, 3.63) is 46.6 Å². The second-order valence-electron chi connectivity index (χ2n) is 6.26. The zero-order valence-corrected chi connectivity index (χ0v) is 15.0. The van der Waals surface area contributed by atoms with Gasteiger partial charge in [-0.05, 0) is 30.5 Å². The van der Waals surface area contributed by atoms with Gasteiger partial charge in [-0.2, -0.15) is 4.98 Å². The number of aromatic nitrogens is 2. The number of benzene rings is 1. The van der Waals surface area contributed by atoms with E-state index in [1.807, 2.05) is 30.5 Å². The zero-order valence-electron chi connectivity index (χ0n) is 14.2. The monoisotopic (exact) mass is 361 g/mol. The van der Waals surface area contributed by atoms with Crippen molar-refractivity contribution in [3.8, 4) is 0 Å². The lowest BCUT2D eigenvalue weighted by Crippen LogP contribution is -2.47. The molecule has 3 rings (SSSR count). The number of anilines is 2. The summed E-state index contributed by atoms with van der Waals surface area (Å²) in [6.07, 6.45) is 3.60. The van der Waals surface area contributed by atoms with Crippen molar-refractivity contribution in [1.29, 1.82) is 0 Å². The van der Waals surface area contributed by atoms with Gasteiger partial charge in [-0.15, -0.1) is 0 Å². The van der Waals surface area contributed by atoms with E-state index in [2.05, 4.69) is 19.8 Å². The number of hydrogen-bond donors (Lipinski definition) is 2. The van der Waals surface area contributed by atoms with Crippen LogP contribution in [0.25, 0.3) is 0 Å². The fourth-order valence-corrected chi connectivity index (χ4v) is 3.24. The third-order valence-corrected chi connectivity index (χ3v) is 4.80. The Kier molecular flexibility index (Phi) is 6.07. The molecule has 25 heavy (non-hydrogen) atoms. The number of hydrogen-bond acceptors (Lipinski definition) is 6. The molecule has 0 saturated carbocycles. The summed E-state index contributed by atoms with van der Waals surface area (Å²) in [6, 6.07) is 7.93. The Labute approximate surface area is 153 Å². The van der Waals surface area contributed by atoms with Crippen LogP contribution in [0.5, 0.6) is 0 Å². The number of nitrogens with zero attached hydrogens (tertiary/aromatic N) is 4. The summed E-state index contributed by atoms with van der Waals surface area (Å²) in [4.78, 5) is 13.2. The van der Waals surface area contributed by atoms with E-state index in [0.717, 1.165) is 62.0 Å². The number of aliphatic hydroxyl groups excluding tert-OH is 1. The molecule has 1 aliphatic rings. The van der Waals surface area contributed by atoms with Crippen LogP contribution in [-0.2, 0) is 12.8 Å². The normalized spacial score (nSPS) is 15.5. The molecule has 7 heteroatoms. The second kappa shape index (κ2) is 8.47. The van der Waals surface area contributed by atoms with Crippen LogP contribution in [0.2, 0.25) is 5.02 Å². The summed E-state index contributed by atoms with van der Waals surface area (Å²) in [5.74, 6) is 1.24. The van der Waals surface area contributed by atoms with Crippen LogP contribution >= 0.6 is 11.6 Å². The molecular formula is C18H24ClN5O. The number of nitrogens with two attached hydrogens (primary N) is 1. The standard InChI is InChI=1S/C18H24ClN5O/c19-16-5-2-14(3-6-16)1-4-15-13-21-18(20)22-17(15)24-9-7-23(8-10-24)11-12-25/h2-3,5-6,13,25H,1,4,7-12H2,(H2,20,21,22). The van der Waals surface area contributed by atoms with Gasteiger partial charge >= 0.3 is 0 Å². The molecule has 1 aromatic carbocycles. The first kappa shape index (κ1) is 17.9. The molecule has 1 aliphatic heterocycles. The van der Waals surface area contributed by atoms with Gasteiger partial charge in [-0.25, -0.2) is 4.98 Å². The van der Waals surface area contributed by atoms with Crippen molar-refractivity contribution in [2.75, 3.05) is 50.0 Å². The number of β-amino-alcohol motifs (C(OH)–C–C–N with tert-alkyl or cyclic N) is 1. The Bertz CT molecular complexity index is 686. The van der Waals surface area contributed by atoms with Gasteiger partial charge in [0.2, 0.25) is 5.95 Å². The van der Waals surface area contributed by atoms with Gasteiger partial charge in [-0.1, -0.05) is 23.7 Å². The molecule has 0 radical (unpaired) electrons. The third kappa shape index (κ3) is 4.81. The topological polar surface area (TPSA) is 78.5 Å². The minimum absolute atomic E-state index is 0.201. The van der Waals surface area contributed by atoms with Gasteiger partial charge in [0.25, 0.3) is 0 Å². The first-order valence-corrected chi connectivity index (χ1v) is 8.97. The highest BCUT2D eigenvalue weighted by Gasteiger charge is 2.20. The van der Waals surface area contributed by atoms with Gasteiger partial charge in [0.1, 0.15) is 5.82 Å². The molecule has 1 saturated heterocycles. The largest absolute Gasteiger partial charge is 0.395 e. The van der Waals surface area contributed by atoms with Gasteiger partial charge in [0.15, 0.2) is 0 Å². The molecule has 0 atom stereocenters. The van der Waals surface area contributed by atoms with Crippen molar-refractivity contribution >= 4 is 23.4 Å². The molecule has 0 spiro atoms. The lowest BCUT2D eigenvalue weighted by molar-refractivity contribution is 0.188. The first-order valence-electron chi connectivity index (χ1n) is 8.59. The summed E-state index contributed by atoms with van der Waals surface area (Å²) in [7, 11) is 0. The smallest absolute Gasteiger partial charge is 0.221 e. The average Bonchev–Trinajstić information content (AvgIpc) is 2.63. The molecule has 2 aromatic rings. The summed E-state index contributed by atoms with van der Waals surface area (Å²) >= 11 is 5.95. The number of halogens is 1. The summed E-state index contributed by atoms with van der Waals surface area (Å²) in [5.41, 5.74) is 8.17. The predicted molar refractivity (Wildman–Crippen MR) is 101 cm³/mol. The van der Waals surface area contributed by atoms with Crippen LogP contribution < -0.4 is 10.6 Å². The fraction of sp³-hybridized carbons (Fsp3) is 0.444. The minimum atomic E-state index is 0.201. The molecule has 0 unspecified atom stereocenters. The summed E-state index contributed by atoms with van der Waals surface area (Å²) in [5, 5.41) is 9.83. The lowest BCUT2D eigenvalue weighted by Gasteiger charge is -2.35. The highest BCUT2D eigenvalue weighted by atomic mass is 35.5. The van der Waals surface area contributed by atoms with Gasteiger partial charge < -0.3 is 15.7 Å². The number of aliphatic hydroxyl groups is 1. The van der Waals surface area contributed by atoms with Crippen LogP contribution in [-0.4, -0.2) is 59.3 Å². The summed E-state index contributed by atoms with van der Waals surface area (Å²) in [6.45, 7) is 4.52. The van der Waals surface area contributed by atoms with Crippen molar-refractivity contribution in [2.45, 2.75) is 12.8 Å². The van der Waals surface area contributed by atoms with E-state index in [1.165, 1.54) is 5.56 Å². The Balaban J connectivity index is 1.69. The van der Waals surface area contributed by atoms with Crippen LogP contribution in [0.15, 0.2) is 30.5 Å². The number of piperazine rings is 1. The van der Waals surface area contributed by atoms with E-state index in [-0.39, 0.29) is 6.61 Å². The van der Waals surface area contributed by atoms with Crippen molar-refractivity contribution in [1.82, 2.24) is 14.9 Å². The van der Waals surface area contributed by atoms with Crippen LogP contribution in [0.1, 0.15) is 11.1 Å². The van der Waals surface area contributed by atoms with E-state index in [0.29, 0.717) is 5.95 Å². The van der Waals surface area contributed by atoms with E-state index >= 15 is 0 Å². The molecule has 3 N–H and O–H groups in total. The Morgan fingerprint density at radius 3 is 2.48 bits per heavy atom. The average molecular weight is 362 g/mol. The van der Waals surface area contributed by atoms with E-state index in [4.69, 9.17) is 22.4 Å². The predicted octanol–water partition coefficient (Wildman–Crippen LogP) is 1.61. The minimum Gasteiger partial charge on any atom is -0.395 e. The molecule has 1 aromatic heterocycles. The Morgan fingerprint density at radius 1 is 1.08 bits per heavy atom. The molecule has 6 nitrogen and oxygen atoms in total. The molecule has 134 valence electrons. The van der Waals surface area contributed by atoms with Crippen molar-refractivity contribution in [3.63, 3.8) is 0 Å². The molecule has 0 aliphatic carbocycles. The highest BCUT2D eigenvalue weighted by molar-refractivity contribution is 6.30. The van der Waals surface area contributed by atoms with E-state index < -0.39 is 0 Å². The zero-order chi connectivity index (χ0) is 17.6. The van der Waals surface area contributed by atoms with Crippen LogP contribution in [0.3, 0.4) is 0 Å². The number of rotatable bonds is 6.